The van der Waals surface area contributed by atoms with Crippen molar-refractivity contribution in [2.24, 2.45) is 5.73 Å². The molecule has 0 spiro atoms. The number of benzene rings is 1. The summed E-state index contributed by atoms with van der Waals surface area (Å²) in [5.74, 6) is 0. The van der Waals surface area contributed by atoms with E-state index < -0.39 is 0 Å². The molecule has 0 bridgehead atoms. The maximum Gasteiger partial charge on any atom is 0.0428 e. The second-order valence-corrected chi connectivity index (χ2v) is 5.79. The van der Waals surface area contributed by atoms with Gasteiger partial charge >= 0.3 is 0 Å². The van der Waals surface area contributed by atoms with Crippen molar-refractivity contribution < 1.29 is 0 Å². The highest BCUT2D eigenvalue weighted by Crippen LogP contribution is 2.26. The zero-order chi connectivity index (χ0) is 13.1. The lowest BCUT2D eigenvalue weighted by molar-refractivity contribution is 0.588. The van der Waals surface area contributed by atoms with Crippen LogP contribution >= 0.6 is 0 Å². The molecule has 1 rings (SSSR count). The van der Waals surface area contributed by atoms with Gasteiger partial charge < -0.3 is 11.1 Å². The van der Waals surface area contributed by atoms with Crippen molar-refractivity contribution in [1.29, 1.82) is 0 Å². The molecule has 3 N–H and O–H groups in total. The van der Waals surface area contributed by atoms with Crippen LogP contribution in [0.3, 0.4) is 0 Å². The van der Waals surface area contributed by atoms with Gasteiger partial charge in [-0.2, -0.15) is 0 Å². The lowest BCUT2D eigenvalue weighted by Crippen LogP contribution is -2.25. The van der Waals surface area contributed by atoms with Gasteiger partial charge in [0.25, 0.3) is 0 Å². The van der Waals surface area contributed by atoms with Gasteiger partial charge in [-0.25, -0.2) is 0 Å². The van der Waals surface area contributed by atoms with Crippen molar-refractivity contribution in [3.05, 3.63) is 34.4 Å². The van der Waals surface area contributed by atoms with Gasteiger partial charge in [-0.1, -0.05) is 32.9 Å². The number of hydrogen-bond donors (Lipinski definition) is 2. The highest BCUT2D eigenvalue weighted by atomic mass is 14.9. The fourth-order valence-electron chi connectivity index (χ4n) is 2.14. The van der Waals surface area contributed by atoms with E-state index in [2.05, 4.69) is 52.1 Å². The van der Waals surface area contributed by atoms with E-state index in [4.69, 9.17) is 5.73 Å². The summed E-state index contributed by atoms with van der Waals surface area (Å²) in [5, 5.41) is 3.17. The maximum atomic E-state index is 5.44. The third kappa shape index (κ3) is 3.83. The number of hydrogen-bond acceptors (Lipinski definition) is 2. The van der Waals surface area contributed by atoms with Crippen molar-refractivity contribution >= 4 is 0 Å². The average molecular weight is 234 g/mol. The SMILES string of the molecule is Cc1cc(C(C)(C)C)cc(C)c1CCNCN. The summed E-state index contributed by atoms with van der Waals surface area (Å²) in [5.41, 5.74) is 11.3. The van der Waals surface area contributed by atoms with Crippen LogP contribution in [0.2, 0.25) is 0 Å². The van der Waals surface area contributed by atoms with Gasteiger partial charge in [-0.05, 0) is 47.9 Å². The molecule has 0 unspecified atom stereocenters. The molecular formula is C15H26N2. The van der Waals surface area contributed by atoms with Crippen LogP contribution < -0.4 is 11.1 Å². The minimum absolute atomic E-state index is 0.226. The summed E-state index contributed by atoms with van der Waals surface area (Å²) in [6.45, 7) is 12.7. The molecule has 2 nitrogen and oxygen atoms in total. The van der Waals surface area contributed by atoms with Gasteiger partial charge in [0.2, 0.25) is 0 Å². The van der Waals surface area contributed by atoms with E-state index in [9.17, 15) is 0 Å². The van der Waals surface area contributed by atoms with Crippen LogP contribution in [0, 0.1) is 13.8 Å². The molecule has 0 aliphatic carbocycles. The second kappa shape index (κ2) is 5.65. The maximum absolute atomic E-state index is 5.44. The van der Waals surface area contributed by atoms with E-state index in [0.29, 0.717) is 6.67 Å². The van der Waals surface area contributed by atoms with E-state index in [1.165, 1.54) is 22.3 Å². The van der Waals surface area contributed by atoms with Gasteiger partial charge in [-0.15, -0.1) is 0 Å². The molecule has 96 valence electrons. The first kappa shape index (κ1) is 14.2. The zero-order valence-electron chi connectivity index (χ0n) is 11.9. The molecule has 0 heterocycles. The fourth-order valence-corrected chi connectivity index (χ4v) is 2.14. The highest BCUT2D eigenvalue weighted by molar-refractivity contribution is 5.40. The predicted molar refractivity (Wildman–Crippen MR) is 75.4 cm³/mol. The van der Waals surface area contributed by atoms with Gasteiger partial charge in [0.05, 0.1) is 0 Å². The Morgan fingerprint density at radius 3 is 2.06 bits per heavy atom. The Kier molecular flexibility index (Phi) is 4.72. The van der Waals surface area contributed by atoms with Crippen molar-refractivity contribution in [3.63, 3.8) is 0 Å². The van der Waals surface area contributed by atoms with Gasteiger partial charge in [0, 0.05) is 13.2 Å². The smallest absolute Gasteiger partial charge is 0.0428 e. The zero-order valence-corrected chi connectivity index (χ0v) is 11.9. The quantitative estimate of drug-likeness (QED) is 0.621. The molecule has 1 aromatic carbocycles. The van der Waals surface area contributed by atoms with E-state index in [0.717, 1.165) is 13.0 Å². The van der Waals surface area contributed by atoms with Crippen LogP contribution in [0.5, 0.6) is 0 Å². The number of nitrogens with one attached hydrogen (secondary N) is 1. The van der Waals surface area contributed by atoms with E-state index in [1.807, 2.05) is 0 Å². The van der Waals surface area contributed by atoms with E-state index in [-0.39, 0.29) is 5.41 Å². The molecule has 1 aromatic rings. The molecule has 0 amide bonds. The molecule has 0 aliphatic rings. The summed E-state index contributed by atoms with van der Waals surface area (Å²) in [4.78, 5) is 0. The molecule has 0 atom stereocenters. The van der Waals surface area contributed by atoms with Crippen LogP contribution in [-0.2, 0) is 11.8 Å². The fraction of sp³-hybridized carbons (Fsp3) is 0.600. The lowest BCUT2D eigenvalue weighted by atomic mass is 9.83. The van der Waals surface area contributed by atoms with Gasteiger partial charge in [-0.3, -0.25) is 0 Å². The van der Waals surface area contributed by atoms with Gasteiger partial charge in [0.15, 0.2) is 0 Å². The highest BCUT2D eigenvalue weighted by Gasteiger charge is 2.15. The van der Waals surface area contributed by atoms with Crippen LogP contribution in [0.15, 0.2) is 12.1 Å². The Morgan fingerprint density at radius 1 is 1.12 bits per heavy atom. The Labute approximate surface area is 106 Å². The largest absolute Gasteiger partial charge is 0.318 e. The summed E-state index contributed by atoms with van der Waals surface area (Å²) in [7, 11) is 0. The van der Waals surface area contributed by atoms with Crippen LogP contribution in [0.1, 0.15) is 43.0 Å². The molecule has 0 aromatic heterocycles. The van der Waals surface area contributed by atoms with Crippen LogP contribution in [0.25, 0.3) is 0 Å². The minimum Gasteiger partial charge on any atom is -0.318 e. The minimum atomic E-state index is 0.226. The Bertz CT molecular complexity index is 352. The molecule has 0 saturated heterocycles. The van der Waals surface area contributed by atoms with E-state index >= 15 is 0 Å². The summed E-state index contributed by atoms with van der Waals surface area (Å²) in [6, 6.07) is 4.65. The molecular weight excluding hydrogens is 208 g/mol. The van der Waals surface area contributed by atoms with Gasteiger partial charge in [0.1, 0.15) is 0 Å². The monoisotopic (exact) mass is 234 g/mol. The third-order valence-corrected chi connectivity index (χ3v) is 3.26. The first-order chi connectivity index (χ1) is 7.86. The second-order valence-electron chi connectivity index (χ2n) is 5.79. The molecule has 0 saturated carbocycles. The van der Waals surface area contributed by atoms with Crippen LogP contribution in [0.4, 0.5) is 0 Å². The Balaban J connectivity index is 2.95. The van der Waals surface area contributed by atoms with Crippen molar-refractivity contribution in [1.82, 2.24) is 5.32 Å². The average Bonchev–Trinajstić information content (AvgIpc) is 2.20. The van der Waals surface area contributed by atoms with Crippen molar-refractivity contribution in [3.8, 4) is 0 Å². The number of rotatable bonds is 4. The lowest BCUT2D eigenvalue weighted by Gasteiger charge is -2.22. The van der Waals surface area contributed by atoms with Crippen LogP contribution in [-0.4, -0.2) is 13.2 Å². The first-order valence-electron chi connectivity index (χ1n) is 6.37. The molecule has 0 aliphatic heterocycles. The molecule has 2 heteroatoms. The number of nitrogens with two attached hydrogens (primary N) is 1. The summed E-state index contributed by atoms with van der Waals surface area (Å²) < 4.78 is 0. The molecule has 0 radical (unpaired) electrons. The first-order valence-corrected chi connectivity index (χ1v) is 6.37. The Hall–Kier alpha value is -0.860. The van der Waals surface area contributed by atoms with Crippen molar-refractivity contribution in [2.45, 2.75) is 46.5 Å². The normalized spacial score (nSPS) is 11.9. The summed E-state index contributed by atoms with van der Waals surface area (Å²) >= 11 is 0. The molecule has 0 fully saturated rings. The topological polar surface area (TPSA) is 38.0 Å². The van der Waals surface area contributed by atoms with E-state index in [1.54, 1.807) is 0 Å². The van der Waals surface area contributed by atoms with Crippen molar-refractivity contribution in [2.75, 3.05) is 13.2 Å². The standard InChI is InChI=1S/C15H26N2/c1-11-8-13(15(3,4)5)9-12(2)14(11)6-7-17-10-16/h8-9,17H,6-7,10,16H2,1-5H3. The summed E-state index contributed by atoms with van der Waals surface area (Å²) in [6.07, 6.45) is 1.05. The predicted octanol–water partition coefficient (Wildman–Crippen LogP) is 2.65. The third-order valence-electron chi connectivity index (χ3n) is 3.26. The molecule has 17 heavy (non-hydrogen) atoms. The number of aryl methyl sites for hydroxylation is 2. The Morgan fingerprint density at radius 2 is 1.65 bits per heavy atom.